The molecule has 0 unspecified atom stereocenters. The van der Waals surface area contributed by atoms with Crippen LogP contribution in [0.2, 0.25) is 0 Å². The second kappa shape index (κ2) is 7.91. The van der Waals surface area contributed by atoms with Crippen LogP contribution >= 0.6 is 0 Å². The maximum atomic E-state index is 13.2. The van der Waals surface area contributed by atoms with Gasteiger partial charge in [0.05, 0.1) is 0 Å². The highest BCUT2D eigenvalue weighted by atomic mass is 16.2. The molecule has 33 heavy (non-hydrogen) atoms. The molecule has 1 saturated carbocycles. The number of hydrogen-bond acceptors (Lipinski definition) is 6. The Kier molecular flexibility index (Phi) is 4.74. The number of aromatic amines is 1. The number of para-hydroxylation sites is 1. The molecule has 9 nitrogen and oxygen atoms in total. The second-order valence-electron chi connectivity index (χ2n) is 8.85. The fraction of sp³-hybridized carbons (Fsp3) is 0.333. The van der Waals surface area contributed by atoms with E-state index in [1.807, 2.05) is 64.9 Å². The Morgan fingerprint density at radius 1 is 1.12 bits per heavy atom. The lowest BCUT2D eigenvalue weighted by atomic mass is 10.1. The first-order chi connectivity index (χ1) is 16.2. The predicted octanol–water partition coefficient (Wildman–Crippen LogP) is 3.99. The molecule has 2 aliphatic rings. The molecule has 0 bridgehead atoms. The fourth-order valence-electron chi connectivity index (χ4n) is 4.46. The molecule has 4 heterocycles. The second-order valence-corrected chi connectivity index (χ2v) is 8.85. The molecule has 3 N–H and O–H groups in total. The maximum absolute atomic E-state index is 13.2. The summed E-state index contributed by atoms with van der Waals surface area (Å²) in [6, 6.07) is 13.4. The van der Waals surface area contributed by atoms with Gasteiger partial charge in [0.15, 0.2) is 5.82 Å². The fourth-order valence-corrected chi connectivity index (χ4v) is 4.46. The number of aryl methyl sites for hydroxylation is 1. The summed E-state index contributed by atoms with van der Waals surface area (Å²) in [4.78, 5) is 24.7. The minimum atomic E-state index is -0.318. The number of amides is 1. The number of hydrogen-bond donors (Lipinski definition) is 3. The first-order valence-electron chi connectivity index (χ1n) is 11.5. The normalized spacial score (nSPS) is 18.1. The number of H-pyrrole nitrogens is 1. The van der Waals surface area contributed by atoms with E-state index in [0.29, 0.717) is 17.8 Å². The number of anilines is 4. The van der Waals surface area contributed by atoms with E-state index < -0.39 is 0 Å². The molecule has 1 aliphatic carbocycles. The van der Waals surface area contributed by atoms with Gasteiger partial charge in [-0.2, -0.15) is 15.1 Å². The largest absolute Gasteiger partial charge is 0.329 e. The highest BCUT2D eigenvalue weighted by Crippen LogP contribution is 2.39. The number of aromatic nitrogens is 5. The molecule has 3 aromatic heterocycles. The van der Waals surface area contributed by atoms with Gasteiger partial charge in [-0.1, -0.05) is 18.2 Å². The van der Waals surface area contributed by atoms with Crippen LogP contribution in [0.5, 0.6) is 0 Å². The Bertz CT molecular complexity index is 1320. The van der Waals surface area contributed by atoms with Gasteiger partial charge in [0.25, 0.3) is 0 Å². The smallest absolute Gasteiger partial charge is 0.247 e. The maximum Gasteiger partial charge on any atom is 0.247 e. The minimum Gasteiger partial charge on any atom is -0.329 e. The van der Waals surface area contributed by atoms with E-state index in [9.17, 15) is 4.79 Å². The zero-order valence-electron chi connectivity index (χ0n) is 18.5. The zero-order valence-corrected chi connectivity index (χ0v) is 18.5. The summed E-state index contributed by atoms with van der Waals surface area (Å²) in [7, 11) is 0. The molecular formula is C24H26N8O. The lowest BCUT2D eigenvalue weighted by Crippen LogP contribution is -2.40. The van der Waals surface area contributed by atoms with Crippen LogP contribution in [0.15, 0.2) is 48.7 Å². The lowest BCUT2D eigenvalue weighted by molar-refractivity contribution is -0.117. The van der Waals surface area contributed by atoms with Crippen molar-refractivity contribution in [3.63, 3.8) is 0 Å². The third-order valence-corrected chi connectivity index (χ3v) is 6.45. The van der Waals surface area contributed by atoms with Crippen molar-refractivity contribution in [2.24, 2.45) is 0 Å². The summed E-state index contributed by atoms with van der Waals surface area (Å²) in [6.45, 7) is 2.73. The van der Waals surface area contributed by atoms with E-state index in [2.05, 4.69) is 20.8 Å². The number of fused-ring (bicyclic) bond motifs is 1. The van der Waals surface area contributed by atoms with Gasteiger partial charge in [0.1, 0.15) is 11.7 Å². The van der Waals surface area contributed by atoms with E-state index in [4.69, 9.17) is 9.97 Å². The van der Waals surface area contributed by atoms with Crippen LogP contribution in [0.25, 0.3) is 5.65 Å². The van der Waals surface area contributed by atoms with Crippen LogP contribution in [0, 0.1) is 6.92 Å². The Morgan fingerprint density at radius 2 is 2.00 bits per heavy atom. The number of nitrogens with one attached hydrogen (secondary N) is 3. The average molecular weight is 443 g/mol. The van der Waals surface area contributed by atoms with Crippen LogP contribution in [0.1, 0.15) is 42.9 Å². The van der Waals surface area contributed by atoms with Crippen molar-refractivity contribution in [2.75, 3.05) is 22.1 Å². The van der Waals surface area contributed by atoms with Crippen molar-refractivity contribution in [1.29, 1.82) is 0 Å². The van der Waals surface area contributed by atoms with E-state index in [1.54, 1.807) is 0 Å². The number of benzene rings is 1. The molecule has 1 saturated heterocycles. The molecule has 1 aliphatic heterocycles. The van der Waals surface area contributed by atoms with Gasteiger partial charge in [-0.3, -0.25) is 14.3 Å². The van der Waals surface area contributed by atoms with Crippen LogP contribution < -0.4 is 15.5 Å². The van der Waals surface area contributed by atoms with Gasteiger partial charge in [0, 0.05) is 36.1 Å². The molecule has 6 rings (SSSR count). The van der Waals surface area contributed by atoms with Crippen molar-refractivity contribution >= 4 is 35.0 Å². The monoisotopic (exact) mass is 442 g/mol. The third kappa shape index (κ3) is 3.79. The highest BCUT2D eigenvalue weighted by Gasteiger charge is 2.33. The Balaban J connectivity index is 1.28. The molecule has 1 aromatic carbocycles. The van der Waals surface area contributed by atoms with Gasteiger partial charge in [-0.15, -0.1) is 0 Å². The molecule has 1 atom stereocenters. The van der Waals surface area contributed by atoms with Crippen molar-refractivity contribution in [2.45, 2.75) is 44.6 Å². The third-order valence-electron chi connectivity index (χ3n) is 6.45. The van der Waals surface area contributed by atoms with Gasteiger partial charge >= 0.3 is 0 Å². The summed E-state index contributed by atoms with van der Waals surface area (Å²) in [6.07, 6.45) is 6.01. The quantitative estimate of drug-likeness (QED) is 0.417. The molecule has 0 radical (unpaired) electrons. The zero-order chi connectivity index (χ0) is 22.4. The van der Waals surface area contributed by atoms with Gasteiger partial charge in [-0.25, -0.2) is 0 Å². The lowest BCUT2D eigenvalue weighted by Gasteiger charge is -2.25. The molecule has 168 valence electrons. The number of nitrogens with zero attached hydrogens (tertiary/aromatic N) is 5. The summed E-state index contributed by atoms with van der Waals surface area (Å²) >= 11 is 0. The molecule has 9 heteroatoms. The van der Waals surface area contributed by atoms with Crippen molar-refractivity contribution in [1.82, 2.24) is 24.6 Å². The minimum absolute atomic E-state index is 0.0310. The molecule has 2 fully saturated rings. The van der Waals surface area contributed by atoms with E-state index in [-0.39, 0.29) is 11.9 Å². The van der Waals surface area contributed by atoms with Crippen molar-refractivity contribution < 1.29 is 4.79 Å². The van der Waals surface area contributed by atoms with Crippen LogP contribution in [-0.2, 0) is 4.79 Å². The van der Waals surface area contributed by atoms with Gasteiger partial charge in [-0.05, 0) is 56.4 Å². The van der Waals surface area contributed by atoms with Crippen molar-refractivity contribution in [3.8, 4) is 0 Å². The SMILES string of the molecule is Cc1ccccc1NC(=O)[C@@H]1CCCN1c1nc(Nc2cc(C3CC3)[nH]n2)n2cccc2n1. The molecule has 1 amide bonds. The molecule has 4 aromatic rings. The number of carbonyl (C=O) groups excluding carboxylic acids is 1. The van der Waals surface area contributed by atoms with Crippen LogP contribution in [0.3, 0.4) is 0 Å². The average Bonchev–Trinajstić information content (AvgIpc) is 3.20. The number of carbonyl (C=O) groups is 1. The van der Waals surface area contributed by atoms with Gasteiger partial charge in [0.2, 0.25) is 17.8 Å². The standard InChI is InChI=1S/C24H26N8O/c1-15-6-2-3-7-17(15)25-22(33)19-8-4-12-31(19)24-27-21-9-5-13-32(21)23(28-24)26-20-14-18(29-30-20)16-10-11-16/h2-3,5-7,9,13-14,16,19H,4,8,10-12H2,1H3,(H,25,33)(H2,26,27,28,29,30)/t19-/m0/s1. The van der Waals surface area contributed by atoms with E-state index in [1.165, 1.54) is 12.8 Å². The van der Waals surface area contributed by atoms with Crippen LogP contribution in [0.4, 0.5) is 23.4 Å². The summed E-state index contributed by atoms with van der Waals surface area (Å²) in [5.41, 5.74) is 3.80. The number of rotatable bonds is 6. The molecule has 0 spiro atoms. The Morgan fingerprint density at radius 3 is 2.85 bits per heavy atom. The summed E-state index contributed by atoms with van der Waals surface area (Å²) < 4.78 is 1.90. The first kappa shape index (κ1) is 19.8. The molecular weight excluding hydrogens is 416 g/mol. The first-order valence-corrected chi connectivity index (χ1v) is 11.5. The Labute approximate surface area is 191 Å². The summed E-state index contributed by atoms with van der Waals surface area (Å²) in [5, 5.41) is 13.9. The van der Waals surface area contributed by atoms with E-state index >= 15 is 0 Å². The van der Waals surface area contributed by atoms with E-state index in [0.717, 1.165) is 47.8 Å². The van der Waals surface area contributed by atoms with Crippen molar-refractivity contribution in [3.05, 3.63) is 59.9 Å². The Hall–Kier alpha value is -3.88. The summed E-state index contributed by atoms with van der Waals surface area (Å²) in [5.74, 6) is 2.46. The topological polar surface area (TPSA) is 103 Å². The van der Waals surface area contributed by atoms with Crippen LogP contribution in [-0.4, -0.2) is 43.1 Å². The van der Waals surface area contributed by atoms with Gasteiger partial charge < -0.3 is 15.5 Å². The predicted molar refractivity (Wildman–Crippen MR) is 127 cm³/mol. The highest BCUT2D eigenvalue weighted by molar-refractivity contribution is 5.97.